The highest BCUT2D eigenvalue weighted by molar-refractivity contribution is 5.70. The molecule has 0 aliphatic carbocycles. The Labute approximate surface area is 75.7 Å². The largest absolute Gasteiger partial charge is 0.508 e. The minimum absolute atomic E-state index is 0.0627. The summed E-state index contributed by atoms with van der Waals surface area (Å²) in [5.74, 6) is 0.264. The lowest BCUT2D eigenvalue weighted by Gasteiger charge is -2.07. The molecule has 0 saturated carbocycles. The van der Waals surface area contributed by atoms with Gasteiger partial charge in [-0.3, -0.25) is 4.79 Å². The summed E-state index contributed by atoms with van der Waals surface area (Å²) in [6, 6.07) is 4.26. The SMILES string of the molecule is COc1cc(O)ccc1OC(C)=O. The molecule has 0 saturated heterocycles. The van der Waals surface area contributed by atoms with E-state index in [0.29, 0.717) is 11.5 Å². The lowest BCUT2D eigenvalue weighted by atomic mass is 10.3. The Kier molecular flexibility index (Phi) is 2.74. The number of rotatable bonds is 2. The Morgan fingerprint density at radius 2 is 2.08 bits per heavy atom. The van der Waals surface area contributed by atoms with Gasteiger partial charge < -0.3 is 14.6 Å². The summed E-state index contributed by atoms with van der Waals surface area (Å²) in [4.78, 5) is 10.6. The van der Waals surface area contributed by atoms with Gasteiger partial charge in [0.25, 0.3) is 0 Å². The van der Waals surface area contributed by atoms with Gasteiger partial charge in [0, 0.05) is 13.0 Å². The maximum atomic E-state index is 10.6. The zero-order valence-corrected chi connectivity index (χ0v) is 7.40. The summed E-state index contributed by atoms with van der Waals surface area (Å²) in [5, 5.41) is 9.08. The molecular weight excluding hydrogens is 172 g/mol. The van der Waals surface area contributed by atoms with Crippen LogP contribution in [-0.2, 0) is 4.79 Å². The number of hydrogen-bond donors (Lipinski definition) is 1. The number of phenols is 1. The Morgan fingerprint density at radius 1 is 1.38 bits per heavy atom. The number of carbonyl (C=O) groups is 1. The molecule has 0 aromatic heterocycles. The molecule has 1 N–H and O–H groups in total. The molecule has 0 amide bonds. The maximum absolute atomic E-state index is 10.6. The second-order valence-electron chi connectivity index (χ2n) is 2.43. The first-order valence-electron chi connectivity index (χ1n) is 3.69. The average molecular weight is 182 g/mol. The molecule has 0 aliphatic rings. The normalized spacial score (nSPS) is 9.38. The Hall–Kier alpha value is -1.71. The maximum Gasteiger partial charge on any atom is 0.308 e. The molecule has 1 aromatic carbocycles. The van der Waals surface area contributed by atoms with E-state index in [4.69, 9.17) is 14.6 Å². The van der Waals surface area contributed by atoms with Crippen LogP contribution in [0.3, 0.4) is 0 Å². The first-order valence-corrected chi connectivity index (χ1v) is 3.69. The lowest BCUT2D eigenvalue weighted by Crippen LogP contribution is -2.02. The minimum Gasteiger partial charge on any atom is -0.508 e. The van der Waals surface area contributed by atoms with E-state index < -0.39 is 5.97 Å². The second-order valence-corrected chi connectivity index (χ2v) is 2.43. The Balaban J connectivity index is 2.99. The van der Waals surface area contributed by atoms with Gasteiger partial charge in [-0.1, -0.05) is 0 Å². The van der Waals surface area contributed by atoms with Crippen molar-refractivity contribution in [1.29, 1.82) is 0 Å². The molecule has 13 heavy (non-hydrogen) atoms. The van der Waals surface area contributed by atoms with E-state index in [9.17, 15) is 4.79 Å². The Bertz CT molecular complexity index is 319. The van der Waals surface area contributed by atoms with Gasteiger partial charge in [0.05, 0.1) is 7.11 Å². The van der Waals surface area contributed by atoms with E-state index >= 15 is 0 Å². The van der Waals surface area contributed by atoms with E-state index in [1.165, 1.54) is 32.2 Å². The summed E-state index contributed by atoms with van der Waals surface area (Å²) in [7, 11) is 1.43. The summed E-state index contributed by atoms with van der Waals surface area (Å²) in [5.41, 5.74) is 0. The molecule has 0 unspecified atom stereocenters. The third-order valence-corrected chi connectivity index (χ3v) is 1.40. The first kappa shape index (κ1) is 9.38. The van der Waals surface area contributed by atoms with Crippen molar-refractivity contribution in [3.8, 4) is 17.2 Å². The van der Waals surface area contributed by atoms with E-state index in [2.05, 4.69) is 0 Å². The summed E-state index contributed by atoms with van der Waals surface area (Å²) < 4.78 is 9.71. The quantitative estimate of drug-likeness (QED) is 0.553. The molecule has 1 aromatic rings. The second kappa shape index (κ2) is 3.80. The number of esters is 1. The standard InChI is InChI=1S/C9H10O4/c1-6(10)13-8-4-3-7(11)5-9(8)12-2/h3-5,11H,1-2H3. The fraction of sp³-hybridized carbons (Fsp3) is 0.222. The van der Waals surface area contributed by atoms with E-state index in [1.807, 2.05) is 0 Å². The first-order chi connectivity index (χ1) is 6.13. The van der Waals surface area contributed by atoms with Gasteiger partial charge in [0.2, 0.25) is 0 Å². The van der Waals surface area contributed by atoms with Crippen molar-refractivity contribution in [2.45, 2.75) is 6.92 Å². The number of ether oxygens (including phenoxy) is 2. The van der Waals surface area contributed by atoms with Crippen molar-refractivity contribution < 1.29 is 19.4 Å². The van der Waals surface area contributed by atoms with Crippen molar-refractivity contribution in [3.05, 3.63) is 18.2 Å². The minimum atomic E-state index is -0.427. The molecule has 0 heterocycles. The number of methoxy groups -OCH3 is 1. The summed E-state index contributed by atoms with van der Waals surface area (Å²) in [6.07, 6.45) is 0. The van der Waals surface area contributed by atoms with Crippen molar-refractivity contribution in [2.75, 3.05) is 7.11 Å². The topological polar surface area (TPSA) is 55.8 Å². The zero-order chi connectivity index (χ0) is 9.84. The van der Waals surface area contributed by atoms with E-state index in [1.54, 1.807) is 0 Å². The van der Waals surface area contributed by atoms with Crippen LogP contribution in [0.5, 0.6) is 17.2 Å². The van der Waals surface area contributed by atoms with Crippen LogP contribution in [0.1, 0.15) is 6.92 Å². The molecule has 0 fully saturated rings. The van der Waals surface area contributed by atoms with Crippen LogP contribution in [0.4, 0.5) is 0 Å². The predicted molar refractivity (Wildman–Crippen MR) is 46.0 cm³/mol. The van der Waals surface area contributed by atoms with Gasteiger partial charge in [-0.05, 0) is 12.1 Å². The van der Waals surface area contributed by atoms with Crippen molar-refractivity contribution in [3.63, 3.8) is 0 Å². The van der Waals surface area contributed by atoms with Crippen LogP contribution >= 0.6 is 0 Å². The fourth-order valence-corrected chi connectivity index (χ4v) is 0.895. The summed E-state index contributed by atoms with van der Waals surface area (Å²) >= 11 is 0. The Morgan fingerprint density at radius 3 is 2.62 bits per heavy atom. The molecule has 0 bridgehead atoms. The highest BCUT2D eigenvalue weighted by Crippen LogP contribution is 2.30. The van der Waals surface area contributed by atoms with Crippen molar-refractivity contribution >= 4 is 5.97 Å². The number of carbonyl (C=O) groups excluding carboxylic acids is 1. The molecule has 0 atom stereocenters. The van der Waals surface area contributed by atoms with Gasteiger partial charge in [0.15, 0.2) is 11.5 Å². The van der Waals surface area contributed by atoms with Crippen LogP contribution in [0.2, 0.25) is 0 Å². The number of phenolic OH excluding ortho intramolecular Hbond substituents is 1. The molecule has 4 heteroatoms. The van der Waals surface area contributed by atoms with Gasteiger partial charge in [-0.2, -0.15) is 0 Å². The van der Waals surface area contributed by atoms with E-state index in [0.717, 1.165) is 0 Å². The number of benzene rings is 1. The highest BCUT2D eigenvalue weighted by atomic mass is 16.6. The molecule has 0 radical (unpaired) electrons. The van der Waals surface area contributed by atoms with Gasteiger partial charge in [0.1, 0.15) is 5.75 Å². The molecular formula is C9H10O4. The molecule has 1 rings (SSSR count). The third kappa shape index (κ3) is 2.37. The van der Waals surface area contributed by atoms with Crippen molar-refractivity contribution in [1.82, 2.24) is 0 Å². The van der Waals surface area contributed by atoms with Crippen LogP contribution < -0.4 is 9.47 Å². The summed E-state index contributed by atoms with van der Waals surface area (Å²) in [6.45, 7) is 1.30. The van der Waals surface area contributed by atoms with E-state index in [-0.39, 0.29) is 5.75 Å². The monoisotopic (exact) mass is 182 g/mol. The number of aromatic hydroxyl groups is 1. The zero-order valence-electron chi connectivity index (χ0n) is 7.40. The average Bonchev–Trinajstić information content (AvgIpc) is 2.07. The smallest absolute Gasteiger partial charge is 0.308 e. The molecule has 70 valence electrons. The van der Waals surface area contributed by atoms with Gasteiger partial charge >= 0.3 is 5.97 Å². The number of hydrogen-bond acceptors (Lipinski definition) is 4. The highest BCUT2D eigenvalue weighted by Gasteiger charge is 2.06. The van der Waals surface area contributed by atoms with Crippen molar-refractivity contribution in [2.24, 2.45) is 0 Å². The van der Waals surface area contributed by atoms with Crippen LogP contribution in [-0.4, -0.2) is 18.2 Å². The van der Waals surface area contributed by atoms with Crippen LogP contribution in [0.25, 0.3) is 0 Å². The molecule has 0 spiro atoms. The van der Waals surface area contributed by atoms with Gasteiger partial charge in [-0.25, -0.2) is 0 Å². The fourth-order valence-electron chi connectivity index (χ4n) is 0.895. The third-order valence-electron chi connectivity index (χ3n) is 1.40. The lowest BCUT2D eigenvalue weighted by molar-refractivity contribution is -0.132. The predicted octanol–water partition coefficient (Wildman–Crippen LogP) is 1.33. The van der Waals surface area contributed by atoms with Gasteiger partial charge in [-0.15, -0.1) is 0 Å². The van der Waals surface area contributed by atoms with Crippen LogP contribution in [0, 0.1) is 0 Å². The molecule has 0 aliphatic heterocycles. The molecule has 4 nitrogen and oxygen atoms in total. The van der Waals surface area contributed by atoms with Crippen LogP contribution in [0.15, 0.2) is 18.2 Å².